The Morgan fingerprint density at radius 2 is 1.62 bits per heavy atom. The summed E-state index contributed by atoms with van der Waals surface area (Å²) in [4.78, 5) is 110. The van der Waals surface area contributed by atoms with Gasteiger partial charge in [-0.15, -0.1) is 11.3 Å². The third kappa shape index (κ3) is 12.2. The van der Waals surface area contributed by atoms with Gasteiger partial charge in [-0.05, 0) is 103 Å². The maximum Gasteiger partial charge on any atom is 0.413 e. The van der Waals surface area contributed by atoms with Crippen LogP contribution in [0.2, 0.25) is 0 Å². The normalized spacial score (nSPS) is 25.8. The second kappa shape index (κ2) is 25.0. The summed E-state index contributed by atoms with van der Waals surface area (Å²) >= 11 is 1.34. The fourth-order valence-electron chi connectivity index (χ4n) is 14.1. The van der Waals surface area contributed by atoms with Crippen LogP contribution in [0, 0.1) is 40.4 Å². The highest BCUT2D eigenvalue weighted by atomic mass is 32.1. The molecule has 7 N–H and O–H groups in total. The Morgan fingerprint density at radius 3 is 2.39 bits per heavy atom. The first kappa shape index (κ1) is 60.1. The minimum atomic E-state index is -1.47. The van der Waals surface area contributed by atoms with Gasteiger partial charge in [0.1, 0.15) is 25.1 Å². The van der Waals surface area contributed by atoms with E-state index in [0.29, 0.717) is 45.9 Å². The Hall–Kier alpha value is -8.65. The molecule has 5 aromatic rings. The third-order valence-electron chi connectivity index (χ3n) is 18.3. The van der Waals surface area contributed by atoms with Crippen molar-refractivity contribution in [2.75, 3.05) is 28.7 Å². The number of fused-ring (bicyclic) bond motifs is 9. The molecule has 0 bridgehead atoms. The molecule has 20 nitrogen and oxygen atoms in total. The number of carboxylic acid groups (broad SMARTS) is 1. The molecule has 450 valence electrons. The van der Waals surface area contributed by atoms with Crippen LogP contribution in [0.1, 0.15) is 110 Å². The van der Waals surface area contributed by atoms with Crippen molar-refractivity contribution < 1.29 is 67.9 Å². The predicted octanol–water partition coefficient (Wildman–Crippen LogP) is 7.22. The van der Waals surface area contributed by atoms with Gasteiger partial charge < -0.3 is 50.4 Å². The van der Waals surface area contributed by atoms with Gasteiger partial charge in [0, 0.05) is 70.2 Å². The number of hydrogen-bond acceptors (Lipinski definition) is 15. The molecule has 1 aromatic heterocycles. The molecule has 3 heterocycles. The Balaban J connectivity index is 0.624. The number of carbonyl (C=O) groups excluding carboxylic acids is 7. The molecule has 6 aliphatic rings. The summed E-state index contributed by atoms with van der Waals surface area (Å²) in [5.74, 6) is 2.42. The van der Waals surface area contributed by atoms with E-state index >= 15 is 0 Å². The number of carbonyl (C=O) groups is 8. The number of anilines is 3. The van der Waals surface area contributed by atoms with Gasteiger partial charge in [0.2, 0.25) is 23.6 Å². The molecule has 1 saturated heterocycles. The largest absolute Gasteiger partial charge is 0.481 e. The molecule has 10 atom stereocenters. The van der Waals surface area contributed by atoms with Gasteiger partial charge in [-0.1, -0.05) is 104 Å². The Labute approximate surface area is 505 Å². The molecule has 0 spiro atoms. The molecule has 21 heteroatoms. The van der Waals surface area contributed by atoms with E-state index in [1.165, 1.54) is 11.3 Å². The van der Waals surface area contributed by atoms with Crippen molar-refractivity contribution in [3.05, 3.63) is 165 Å². The molecule has 4 aromatic carbocycles. The Morgan fingerprint density at radius 1 is 0.885 bits per heavy atom. The van der Waals surface area contributed by atoms with Crippen LogP contribution in [0.15, 0.2) is 126 Å². The number of amides is 5. The number of nitrogens with zero attached hydrogens (tertiary/aromatic N) is 2. The van der Waals surface area contributed by atoms with E-state index in [-0.39, 0.29) is 74.1 Å². The Bertz CT molecular complexity index is 3680. The van der Waals surface area contributed by atoms with Gasteiger partial charge in [-0.3, -0.25) is 38.9 Å². The lowest BCUT2D eigenvalue weighted by Crippen LogP contribution is -2.63. The van der Waals surface area contributed by atoms with Crippen LogP contribution < -0.4 is 26.2 Å². The fraction of sp³-hybridized carbons (Fsp3) is 0.379. The highest BCUT2D eigenvalue weighted by Gasteiger charge is 2.76. The second-order valence-electron chi connectivity index (χ2n) is 23.5. The monoisotopic (exact) mass is 1200 g/mol. The number of carboxylic acids is 1. The maximum absolute atomic E-state index is 14.0. The van der Waals surface area contributed by atoms with Crippen molar-refractivity contribution >= 4 is 75.8 Å². The number of allylic oxidation sites excluding steroid dienone is 4. The summed E-state index contributed by atoms with van der Waals surface area (Å²) in [7, 11) is 0. The molecule has 0 radical (unpaired) electrons. The number of ether oxygens (including phenoxy) is 3. The number of benzene rings is 4. The SMILES string of the molecule is C[C@]12C=CC(=O)C=C1CC[C@@H]1[C@@H]2[C@@H](O)C[C@@]2(C)[C@H]1C[C@H]1O[C@@H](c3ccc(Cc4nc(NC(=O)OCc5ccc(NC(=O)[C@H](CCC(=O)O)NC(=O)CNC(=O)CCC(=O)N6Cc7ccccc7C#Cc7ccccc76)cc5)cs4)cc3)O[C@]12C(=O)CO. The van der Waals surface area contributed by atoms with Crippen LogP contribution in [0.3, 0.4) is 0 Å². The van der Waals surface area contributed by atoms with Gasteiger partial charge in [0.25, 0.3) is 0 Å². The van der Waals surface area contributed by atoms with Crippen molar-refractivity contribution in [3.63, 3.8) is 0 Å². The van der Waals surface area contributed by atoms with Crippen LogP contribution >= 0.6 is 11.3 Å². The summed E-state index contributed by atoms with van der Waals surface area (Å²) in [6, 6.07) is 27.4. The average molecular weight is 1200 g/mol. The smallest absolute Gasteiger partial charge is 0.413 e. The van der Waals surface area contributed by atoms with Gasteiger partial charge in [0.15, 0.2) is 23.5 Å². The molecule has 4 aliphatic carbocycles. The number of nitrogens with one attached hydrogen (secondary N) is 4. The third-order valence-corrected chi connectivity index (χ3v) is 19.1. The van der Waals surface area contributed by atoms with Gasteiger partial charge in [-0.2, -0.15) is 0 Å². The van der Waals surface area contributed by atoms with E-state index in [4.69, 9.17) is 14.2 Å². The fourth-order valence-corrected chi connectivity index (χ4v) is 14.8. The lowest BCUT2D eigenvalue weighted by atomic mass is 9.46. The minimum absolute atomic E-state index is 0.0282. The molecule has 87 heavy (non-hydrogen) atoms. The van der Waals surface area contributed by atoms with Crippen LogP contribution in [0.5, 0.6) is 0 Å². The molecule has 0 unspecified atom stereocenters. The van der Waals surface area contributed by atoms with Gasteiger partial charge in [0.05, 0.1) is 36.0 Å². The van der Waals surface area contributed by atoms with Gasteiger partial charge in [-0.25, -0.2) is 9.78 Å². The van der Waals surface area contributed by atoms with Crippen molar-refractivity contribution in [1.29, 1.82) is 0 Å². The lowest BCUT2D eigenvalue weighted by Gasteiger charge is -2.59. The van der Waals surface area contributed by atoms with Crippen LogP contribution in [-0.2, 0) is 67.3 Å². The standard InChI is InChI=1S/C66H66N6O14S/c1-64-28-27-46(74)30-44(64)19-22-47-48-31-53-66(52(76)35-73,65(48,2)32-51(75)60(47)64)86-62(85-53)42-15-11-38(12-16-42)29-57-70-54(37-87-57)71-63(83)84-36-39-13-20-45(21-14-39)68-61(82)49(23-26-59(80)81)69-56(78)33-67-55(77)24-25-58(79)72-34-43-9-4-3-7-40(43)17-18-41-8-5-6-10-50(41)72/h3-16,20-21,27-28,30,37,47-49,51,53,60,62,73,75H,19,22-26,29,31-36H2,1-2H3,(H,67,77)(H,68,82)(H,69,78)(H,71,83)(H,80,81)/t47-,48-,49-,51-,53+,60+,62+,64-,65-,66+/m0/s1. The quantitative estimate of drug-likeness (QED) is 0.0402. The number of ketones is 2. The number of hydrogen-bond donors (Lipinski definition) is 7. The molecule has 11 rings (SSSR count). The first-order valence-corrected chi connectivity index (χ1v) is 30.0. The van der Waals surface area contributed by atoms with Crippen molar-refractivity contribution in [2.24, 2.45) is 28.6 Å². The van der Waals surface area contributed by atoms with Crippen LogP contribution in [-0.4, -0.2) is 105 Å². The van der Waals surface area contributed by atoms with Crippen LogP contribution in [0.4, 0.5) is 22.0 Å². The van der Waals surface area contributed by atoms with E-state index in [0.717, 1.165) is 35.1 Å². The lowest BCUT2D eigenvalue weighted by molar-refractivity contribution is -0.201. The summed E-state index contributed by atoms with van der Waals surface area (Å²) in [5.41, 5.74) is 3.68. The van der Waals surface area contributed by atoms with Gasteiger partial charge >= 0.3 is 12.1 Å². The second-order valence-corrected chi connectivity index (χ2v) is 24.4. The summed E-state index contributed by atoms with van der Waals surface area (Å²) in [6.45, 7) is 2.96. The number of aliphatic hydroxyl groups is 2. The molecule has 5 amide bonds. The van der Waals surface area contributed by atoms with E-state index < -0.39 is 96.1 Å². The molecule has 4 fully saturated rings. The zero-order valence-corrected chi connectivity index (χ0v) is 48.7. The molecule has 3 saturated carbocycles. The maximum atomic E-state index is 14.0. The summed E-state index contributed by atoms with van der Waals surface area (Å²) < 4.78 is 18.8. The highest BCUT2D eigenvalue weighted by molar-refractivity contribution is 7.10. The van der Waals surface area contributed by atoms with Crippen molar-refractivity contribution in [1.82, 2.24) is 15.6 Å². The zero-order valence-electron chi connectivity index (χ0n) is 47.9. The van der Waals surface area contributed by atoms with E-state index in [1.54, 1.807) is 58.8 Å². The minimum Gasteiger partial charge on any atom is -0.481 e. The number of thiazole rings is 1. The van der Waals surface area contributed by atoms with Crippen molar-refractivity contribution in [3.8, 4) is 11.8 Å². The Kier molecular flexibility index (Phi) is 17.2. The number of aromatic nitrogens is 1. The number of para-hydroxylation sites is 1. The van der Waals surface area contributed by atoms with E-state index in [9.17, 15) is 53.7 Å². The summed E-state index contributed by atoms with van der Waals surface area (Å²) in [5, 5.41) is 44.4. The topological polar surface area (TPSA) is 289 Å². The van der Waals surface area contributed by atoms with Crippen molar-refractivity contribution in [2.45, 2.75) is 115 Å². The number of aliphatic hydroxyl groups excluding tert-OH is 2. The number of Topliss-reactive ketones (excluding diaryl/α,β-unsaturated/α-hetero) is 1. The zero-order chi connectivity index (χ0) is 61.2. The van der Waals surface area contributed by atoms with E-state index in [1.807, 2.05) is 73.7 Å². The molecular formula is C66H66N6O14S. The first-order chi connectivity index (χ1) is 41.8. The molecule has 2 aliphatic heterocycles. The number of aliphatic carboxylic acids is 1. The van der Waals surface area contributed by atoms with Crippen LogP contribution in [0.25, 0.3) is 0 Å². The number of rotatable bonds is 19. The highest BCUT2D eigenvalue weighted by Crippen LogP contribution is 2.70. The first-order valence-electron chi connectivity index (χ1n) is 29.1. The predicted molar refractivity (Wildman–Crippen MR) is 318 cm³/mol. The van der Waals surface area contributed by atoms with E-state index in [2.05, 4.69) is 45.0 Å². The molecular weight excluding hydrogens is 1130 g/mol. The summed E-state index contributed by atoms with van der Waals surface area (Å²) in [6.07, 6.45) is 3.83. The average Bonchev–Trinajstić information content (AvgIpc) is 1.60.